The van der Waals surface area contributed by atoms with Gasteiger partial charge in [-0.15, -0.1) is 0 Å². The molecule has 0 saturated carbocycles. The van der Waals surface area contributed by atoms with Gasteiger partial charge in [0.15, 0.2) is 0 Å². The molecule has 1 heterocycles. The Morgan fingerprint density at radius 1 is 1.47 bits per heavy atom. The first-order valence-corrected chi connectivity index (χ1v) is 6.42. The lowest BCUT2D eigenvalue weighted by molar-refractivity contribution is -0.121. The Kier molecular flexibility index (Phi) is 4.07. The van der Waals surface area contributed by atoms with Crippen LogP contribution in [0.1, 0.15) is 5.56 Å². The molecule has 2 N–H and O–H groups in total. The molecule has 2 rings (SSSR count). The van der Waals surface area contributed by atoms with E-state index in [1.165, 1.54) is 0 Å². The van der Waals surface area contributed by atoms with Crippen molar-refractivity contribution >= 4 is 11.6 Å². The van der Waals surface area contributed by atoms with Crippen LogP contribution in [0.3, 0.4) is 0 Å². The summed E-state index contributed by atoms with van der Waals surface area (Å²) in [6.45, 7) is 3.53. The van der Waals surface area contributed by atoms with Crippen LogP contribution in [0, 0.1) is 6.92 Å². The molecule has 1 fully saturated rings. The molecule has 1 amide bonds. The van der Waals surface area contributed by atoms with Crippen molar-refractivity contribution in [2.24, 2.45) is 5.73 Å². The second kappa shape index (κ2) is 5.59. The highest BCUT2D eigenvalue weighted by atomic mass is 16.5. The quantitative estimate of drug-likeness (QED) is 0.868. The number of rotatable bonds is 3. The van der Waals surface area contributed by atoms with Crippen LogP contribution >= 0.6 is 0 Å². The fourth-order valence-electron chi connectivity index (χ4n) is 2.38. The molecule has 5 heteroatoms. The third kappa shape index (κ3) is 2.72. The number of piperazine rings is 1. The predicted molar refractivity (Wildman–Crippen MR) is 75.6 cm³/mol. The molecule has 1 aromatic rings. The molecule has 0 aromatic heterocycles. The van der Waals surface area contributed by atoms with Gasteiger partial charge in [0.25, 0.3) is 0 Å². The standard InChI is InChI=1S/C14H21N3O2/c1-10-4-5-13(19-3)12(6-10)17-8-11(7-15)16(2)9-14(17)18/h4-6,11H,7-9,15H2,1-3H3. The number of hydrogen-bond donors (Lipinski definition) is 1. The third-order valence-corrected chi connectivity index (χ3v) is 3.60. The molecule has 1 aliphatic heterocycles. The number of benzene rings is 1. The number of carbonyl (C=O) groups is 1. The Balaban J connectivity index is 2.34. The topological polar surface area (TPSA) is 58.8 Å². The van der Waals surface area contributed by atoms with E-state index in [2.05, 4.69) is 0 Å². The molecule has 5 nitrogen and oxygen atoms in total. The largest absolute Gasteiger partial charge is 0.495 e. The van der Waals surface area contributed by atoms with E-state index >= 15 is 0 Å². The Morgan fingerprint density at radius 3 is 2.84 bits per heavy atom. The lowest BCUT2D eigenvalue weighted by Crippen LogP contribution is -2.57. The molecular formula is C14H21N3O2. The SMILES string of the molecule is COc1ccc(C)cc1N1CC(CN)N(C)CC1=O. The van der Waals surface area contributed by atoms with Crippen molar-refractivity contribution in [2.45, 2.75) is 13.0 Å². The number of amides is 1. The number of nitrogens with zero attached hydrogens (tertiary/aromatic N) is 2. The van der Waals surface area contributed by atoms with Gasteiger partial charge in [-0.05, 0) is 31.7 Å². The van der Waals surface area contributed by atoms with Gasteiger partial charge in [-0.1, -0.05) is 6.07 Å². The average Bonchev–Trinajstić information content (AvgIpc) is 2.39. The van der Waals surface area contributed by atoms with Crippen LogP contribution in [-0.2, 0) is 4.79 Å². The number of methoxy groups -OCH3 is 1. The van der Waals surface area contributed by atoms with Gasteiger partial charge < -0.3 is 15.4 Å². The normalized spacial score (nSPS) is 20.7. The molecule has 1 aliphatic rings. The van der Waals surface area contributed by atoms with Gasteiger partial charge in [0.2, 0.25) is 5.91 Å². The second-order valence-electron chi connectivity index (χ2n) is 4.98. The van der Waals surface area contributed by atoms with Crippen LogP contribution < -0.4 is 15.4 Å². The van der Waals surface area contributed by atoms with Gasteiger partial charge in [-0.25, -0.2) is 0 Å². The van der Waals surface area contributed by atoms with E-state index in [9.17, 15) is 4.79 Å². The average molecular weight is 263 g/mol. The zero-order valence-corrected chi connectivity index (χ0v) is 11.7. The summed E-state index contributed by atoms with van der Waals surface area (Å²) in [7, 11) is 3.55. The highest BCUT2D eigenvalue weighted by Gasteiger charge is 2.31. The fourth-order valence-corrected chi connectivity index (χ4v) is 2.38. The van der Waals surface area contributed by atoms with Crippen molar-refractivity contribution in [1.29, 1.82) is 0 Å². The summed E-state index contributed by atoms with van der Waals surface area (Å²) in [5.74, 6) is 0.801. The number of likely N-dealkylation sites (N-methyl/N-ethyl adjacent to an activating group) is 1. The van der Waals surface area contributed by atoms with Crippen LogP contribution in [0.25, 0.3) is 0 Å². The minimum absolute atomic E-state index is 0.0797. The van der Waals surface area contributed by atoms with Gasteiger partial charge >= 0.3 is 0 Å². The van der Waals surface area contributed by atoms with Gasteiger partial charge in [0.05, 0.1) is 19.3 Å². The van der Waals surface area contributed by atoms with Crippen LogP contribution in [0.4, 0.5) is 5.69 Å². The van der Waals surface area contributed by atoms with Crippen molar-refractivity contribution in [2.75, 3.05) is 38.7 Å². The highest BCUT2D eigenvalue weighted by Crippen LogP contribution is 2.31. The molecule has 104 valence electrons. The van der Waals surface area contributed by atoms with Crippen LogP contribution in [0.2, 0.25) is 0 Å². The monoisotopic (exact) mass is 263 g/mol. The number of hydrogen-bond acceptors (Lipinski definition) is 4. The first-order valence-electron chi connectivity index (χ1n) is 6.42. The van der Waals surface area contributed by atoms with Gasteiger partial charge in [0, 0.05) is 19.1 Å². The summed E-state index contributed by atoms with van der Waals surface area (Å²) >= 11 is 0. The van der Waals surface area contributed by atoms with Crippen molar-refractivity contribution in [3.8, 4) is 5.75 Å². The molecule has 1 saturated heterocycles. The maximum Gasteiger partial charge on any atom is 0.241 e. The predicted octanol–water partition coefficient (Wildman–Crippen LogP) is 0.609. The first kappa shape index (κ1) is 13.8. The molecule has 0 bridgehead atoms. The lowest BCUT2D eigenvalue weighted by atomic mass is 10.1. The van der Waals surface area contributed by atoms with Crippen LogP contribution in [-0.4, -0.2) is 50.6 Å². The van der Waals surface area contributed by atoms with E-state index in [1.807, 2.05) is 37.1 Å². The van der Waals surface area contributed by atoms with Crippen molar-refractivity contribution in [3.63, 3.8) is 0 Å². The minimum atomic E-state index is 0.0797. The molecular weight excluding hydrogens is 242 g/mol. The molecule has 0 spiro atoms. The minimum Gasteiger partial charge on any atom is -0.495 e. The van der Waals surface area contributed by atoms with E-state index in [4.69, 9.17) is 10.5 Å². The number of ether oxygens (including phenoxy) is 1. The summed E-state index contributed by atoms with van der Waals surface area (Å²) < 4.78 is 5.36. The van der Waals surface area contributed by atoms with Gasteiger partial charge in [-0.2, -0.15) is 0 Å². The number of carbonyl (C=O) groups excluding carboxylic acids is 1. The zero-order chi connectivity index (χ0) is 14.0. The zero-order valence-electron chi connectivity index (χ0n) is 11.7. The maximum absolute atomic E-state index is 12.2. The summed E-state index contributed by atoms with van der Waals surface area (Å²) in [5.41, 5.74) is 7.70. The van der Waals surface area contributed by atoms with Crippen molar-refractivity contribution < 1.29 is 9.53 Å². The van der Waals surface area contributed by atoms with E-state index in [1.54, 1.807) is 12.0 Å². The van der Waals surface area contributed by atoms with E-state index < -0.39 is 0 Å². The highest BCUT2D eigenvalue weighted by molar-refractivity contribution is 5.97. The molecule has 19 heavy (non-hydrogen) atoms. The Bertz CT molecular complexity index is 476. The van der Waals surface area contributed by atoms with Crippen LogP contribution in [0.5, 0.6) is 5.75 Å². The summed E-state index contributed by atoms with van der Waals surface area (Å²) in [4.78, 5) is 16.0. The Labute approximate surface area is 113 Å². The third-order valence-electron chi connectivity index (χ3n) is 3.60. The van der Waals surface area contributed by atoms with E-state index in [0.29, 0.717) is 19.6 Å². The van der Waals surface area contributed by atoms with E-state index in [-0.39, 0.29) is 11.9 Å². The molecule has 1 unspecified atom stereocenters. The number of nitrogens with two attached hydrogens (primary N) is 1. The molecule has 1 atom stereocenters. The van der Waals surface area contributed by atoms with Crippen molar-refractivity contribution in [1.82, 2.24) is 4.90 Å². The molecule has 0 radical (unpaired) electrons. The Morgan fingerprint density at radius 2 is 2.21 bits per heavy atom. The summed E-state index contributed by atoms with van der Waals surface area (Å²) in [5, 5.41) is 0. The lowest BCUT2D eigenvalue weighted by Gasteiger charge is -2.38. The van der Waals surface area contributed by atoms with Crippen molar-refractivity contribution in [3.05, 3.63) is 23.8 Å². The smallest absolute Gasteiger partial charge is 0.241 e. The summed E-state index contributed by atoms with van der Waals surface area (Å²) in [6.07, 6.45) is 0. The summed E-state index contributed by atoms with van der Waals surface area (Å²) in [6, 6.07) is 6.04. The number of anilines is 1. The fraction of sp³-hybridized carbons (Fsp3) is 0.500. The first-order chi connectivity index (χ1) is 9.06. The number of aryl methyl sites for hydroxylation is 1. The van der Waals surface area contributed by atoms with Gasteiger partial charge in [-0.3, -0.25) is 9.69 Å². The van der Waals surface area contributed by atoms with Gasteiger partial charge in [0.1, 0.15) is 5.75 Å². The molecule has 0 aliphatic carbocycles. The van der Waals surface area contributed by atoms with Crippen LogP contribution in [0.15, 0.2) is 18.2 Å². The maximum atomic E-state index is 12.2. The molecule has 1 aromatic carbocycles. The Hall–Kier alpha value is -1.59. The van der Waals surface area contributed by atoms with E-state index in [0.717, 1.165) is 17.0 Å². The second-order valence-corrected chi connectivity index (χ2v) is 4.98.